The number of H-pyrrole nitrogens is 1. The van der Waals surface area contributed by atoms with E-state index >= 15 is 0 Å². The van der Waals surface area contributed by atoms with Gasteiger partial charge in [0.15, 0.2) is 16.4 Å². The van der Waals surface area contributed by atoms with Crippen LogP contribution in [0.4, 0.5) is 8.78 Å². The molecule has 3 rings (SSSR count). The molecule has 1 aliphatic carbocycles. The summed E-state index contributed by atoms with van der Waals surface area (Å²) in [6, 6.07) is 2.88. The Kier molecular flexibility index (Phi) is 4.11. The summed E-state index contributed by atoms with van der Waals surface area (Å²) in [6.07, 6.45) is 6.73. The summed E-state index contributed by atoms with van der Waals surface area (Å²) in [5.74, 6) is -0.840. The van der Waals surface area contributed by atoms with Crippen molar-refractivity contribution in [2.24, 2.45) is 5.92 Å². The SMILES string of the molecule is CCCC1CCC(n2c(=S)[nH]c3ccc(F)c(F)c32)CC1. The smallest absolute Gasteiger partial charge is 0.184 e. The normalized spacial score (nSPS) is 22.8. The maximum absolute atomic E-state index is 14.2. The number of halogens is 2. The fourth-order valence-corrected chi connectivity index (χ4v) is 3.95. The Labute approximate surface area is 128 Å². The first-order valence-electron chi connectivity index (χ1n) is 7.70. The summed E-state index contributed by atoms with van der Waals surface area (Å²) in [7, 11) is 0. The van der Waals surface area contributed by atoms with Crippen molar-refractivity contribution in [1.29, 1.82) is 0 Å². The maximum Gasteiger partial charge on any atom is 0.184 e. The molecule has 1 aromatic carbocycles. The lowest BCUT2D eigenvalue weighted by atomic mass is 9.83. The van der Waals surface area contributed by atoms with Crippen LogP contribution in [0, 0.1) is 22.3 Å². The van der Waals surface area contributed by atoms with Gasteiger partial charge in [-0.15, -0.1) is 0 Å². The molecule has 0 amide bonds. The lowest BCUT2D eigenvalue weighted by Gasteiger charge is -2.29. The molecular formula is C16H20F2N2S. The van der Waals surface area contributed by atoms with Crippen molar-refractivity contribution in [3.63, 3.8) is 0 Å². The molecule has 0 radical (unpaired) electrons. The molecule has 0 aliphatic heterocycles. The Hall–Kier alpha value is -1.23. The van der Waals surface area contributed by atoms with E-state index < -0.39 is 11.6 Å². The van der Waals surface area contributed by atoms with Gasteiger partial charge in [0.05, 0.1) is 5.52 Å². The topological polar surface area (TPSA) is 20.7 Å². The molecule has 1 heterocycles. The highest BCUT2D eigenvalue weighted by molar-refractivity contribution is 7.71. The van der Waals surface area contributed by atoms with E-state index in [1.807, 2.05) is 0 Å². The Morgan fingerprint density at radius 3 is 2.62 bits per heavy atom. The van der Waals surface area contributed by atoms with Gasteiger partial charge in [0, 0.05) is 6.04 Å². The highest BCUT2D eigenvalue weighted by Crippen LogP contribution is 2.36. The van der Waals surface area contributed by atoms with Crippen LogP contribution >= 0.6 is 12.2 Å². The van der Waals surface area contributed by atoms with Gasteiger partial charge in [-0.2, -0.15) is 0 Å². The highest BCUT2D eigenvalue weighted by Gasteiger charge is 2.25. The molecule has 1 fully saturated rings. The molecule has 114 valence electrons. The Morgan fingerprint density at radius 2 is 1.95 bits per heavy atom. The summed E-state index contributed by atoms with van der Waals surface area (Å²) >= 11 is 5.34. The number of nitrogens with one attached hydrogen (secondary N) is 1. The average Bonchev–Trinajstić information content (AvgIpc) is 2.81. The number of rotatable bonds is 3. The van der Waals surface area contributed by atoms with Crippen molar-refractivity contribution in [2.45, 2.75) is 51.5 Å². The summed E-state index contributed by atoms with van der Waals surface area (Å²) in [6.45, 7) is 2.21. The van der Waals surface area contributed by atoms with Crippen molar-refractivity contribution in [1.82, 2.24) is 9.55 Å². The number of aromatic amines is 1. The first-order valence-corrected chi connectivity index (χ1v) is 8.10. The minimum absolute atomic E-state index is 0.177. The molecule has 0 atom stereocenters. The largest absolute Gasteiger partial charge is 0.330 e. The summed E-state index contributed by atoms with van der Waals surface area (Å²) in [4.78, 5) is 3.00. The molecule has 0 spiro atoms. The average molecular weight is 310 g/mol. The number of benzene rings is 1. The monoisotopic (exact) mass is 310 g/mol. The van der Waals surface area contributed by atoms with E-state index in [1.54, 1.807) is 10.6 Å². The van der Waals surface area contributed by atoms with E-state index in [0.717, 1.165) is 37.7 Å². The van der Waals surface area contributed by atoms with Crippen LogP contribution in [0.25, 0.3) is 11.0 Å². The molecule has 21 heavy (non-hydrogen) atoms. The van der Waals surface area contributed by atoms with Gasteiger partial charge < -0.3 is 9.55 Å². The minimum Gasteiger partial charge on any atom is -0.330 e. The lowest BCUT2D eigenvalue weighted by Crippen LogP contribution is -2.18. The molecule has 0 unspecified atom stereocenters. The third-order valence-corrected chi connectivity index (χ3v) is 4.95. The molecule has 2 nitrogen and oxygen atoms in total. The number of hydrogen-bond acceptors (Lipinski definition) is 1. The van der Waals surface area contributed by atoms with Gasteiger partial charge in [-0.1, -0.05) is 19.8 Å². The van der Waals surface area contributed by atoms with E-state index in [4.69, 9.17) is 12.2 Å². The molecule has 1 N–H and O–H groups in total. The van der Waals surface area contributed by atoms with Gasteiger partial charge in [0.2, 0.25) is 0 Å². The summed E-state index contributed by atoms with van der Waals surface area (Å²) < 4.78 is 30.0. The van der Waals surface area contributed by atoms with Gasteiger partial charge in [-0.05, 0) is 56.0 Å². The van der Waals surface area contributed by atoms with Crippen LogP contribution in [0.2, 0.25) is 0 Å². The zero-order valence-electron chi connectivity index (χ0n) is 12.2. The van der Waals surface area contributed by atoms with Crippen LogP contribution in [-0.2, 0) is 0 Å². The Bertz CT molecular complexity index is 696. The summed E-state index contributed by atoms with van der Waals surface area (Å²) in [5.41, 5.74) is 0.869. The lowest BCUT2D eigenvalue weighted by molar-refractivity contribution is 0.264. The van der Waals surface area contributed by atoms with Crippen molar-refractivity contribution >= 4 is 23.3 Å². The molecule has 1 aliphatic rings. The number of nitrogens with zero attached hydrogens (tertiary/aromatic N) is 1. The second-order valence-corrected chi connectivity index (χ2v) is 6.41. The quantitative estimate of drug-likeness (QED) is 0.741. The molecule has 0 bridgehead atoms. The standard InChI is InChI=1S/C16H20F2N2S/c1-2-3-10-4-6-11(7-5-10)20-15-13(19-16(20)21)9-8-12(17)14(15)18/h8-11H,2-7H2,1H3,(H,19,21). The van der Waals surface area contributed by atoms with Crippen molar-refractivity contribution in [3.05, 3.63) is 28.5 Å². The first-order chi connectivity index (χ1) is 10.1. The van der Waals surface area contributed by atoms with E-state index in [2.05, 4.69) is 11.9 Å². The highest BCUT2D eigenvalue weighted by atomic mass is 32.1. The maximum atomic E-state index is 14.2. The second kappa shape index (κ2) is 5.87. The van der Waals surface area contributed by atoms with Gasteiger partial charge in [-0.3, -0.25) is 0 Å². The fraction of sp³-hybridized carbons (Fsp3) is 0.562. The van der Waals surface area contributed by atoms with Crippen LogP contribution in [0.15, 0.2) is 12.1 Å². The number of imidazole rings is 1. The third-order valence-electron chi connectivity index (χ3n) is 4.65. The Morgan fingerprint density at radius 1 is 1.24 bits per heavy atom. The van der Waals surface area contributed by atoms with E-state index in [1.165, 1.54) is 12.8 Å². The molecule has 2 aromatic rings. The predicted molar refractivity (Wildman–Crippen MR) is 82.9 cm³/mol. The number of fused-ring (bicyclic) bond motifs is 1. The summed E-state index contributed by atoms with van der Waals surface area (Å²) in [5, 5.41) is 0. The molecule has 1 aromatic heterocycles. The van der Waals surface area contributed by atoms with Crippen molar-refractivity contribution in [2.75, 3.05) is 0 Å². The third kappa shape index (κ3) is 2.63. The molecular weight excluding hydrogens is 290 g/mol. The van der Waals surface area contributed by atoms with Crippen LogP contribution in [-0.4, -0.2) is 9.55 Å². The van der Waals surface area contributed by atoms with Gasteiger partial charge >= 0.3 is 0 Å². The molecule has 5 heteroatoms. The van der Waals surface area contributed by atoms with Gasteiger partial charge in [0.1, 0.15) is 5.52 Å². The molecule has 0 saturated heterocycles. The van der Waals surface area contributed by atoms with E-state index in [0.29, 0.717) is 15.8 Å². The van der Waals surface area contributed by atoms with Crippen LogP contribution in [0.5, 0.6) is 0 Å². The Balaban J connectivity index is 1.96. The second-order valence-electron chi connectivity index (χ2n) is 6.02. The predicted octanol–water partition coefficient (Wildman–Crippen LogP) is 5.51. The van der Waals surface area contributed by atoms with Crippen LogP contribution in [0.1, 0.15) is 51.5 Å². The van der Waals surface area contributed by atoms with Crippen LogP contribution < -0.4 is 0 Å². The number of hydrogen-bond donors (Lipinski definition) is 1. The minimum atomic E-state index is -0.815. The molecule has 1 saturated carbocycles. The van der Waals surface area contributed by atoms with Gasteiger partial charge in [-0.25, -0.2) is 8.78 Å². The zero-order chi connectivity index (χ0) is 15.0. The number of aromatic nitrogens is 2. The van der Waals surface area contributed by atoms with Crippen LogP contribution in [0.3, 0.4) is 0 Å². The van der Waals surface area contributed by atoms with Gasteiger partial charge in [0.25, 0.3) is 0 Å². The van der Waals surface area contributed by atoms with E-state index in [9.17, 15) is 8.78 Å². The van der Waals surface area contributed by atoms with Crippen molar-refractivity contribution in [3.8, 4) is 0 Å². The van der Waals surface area contributed by atoms with E-state index in [-0.39, 0.29) is 6.04 Å². The first kappa shape index (κ1) is 14.7. The zero-order valence-corrected chi connectivity index (χ0v) is 13.0. The van der Waals surface area contributed by atoms with Crippen molar-refractivity contribution < 1.29 is 8.78 Å². The fourth-order valence-electron chi connectivity index (χ4n) is 3.60.